The van der Waals surface area contributed by atoms with Crippen molar-refractivity contribution < 1.29 is 24.5 Å². The Labute approximate surface area is 197 Å². The maximum absolute atomic E-state index is 14.8. The number of halogens is 1. The fraction of sp³-hybridized carbons (Fsp3) is 0.200. The summed E-state index contributed by atoms with van der Waals surface area (Å²) in [4.78, 5) is 30.6. The van der Waals surface area contributed by atoms with E-state index in [-0.39, 0.29) is 66.4 Å². The van der Waals surface area contributed by atoms with E-state index in [1.165, 1.54) is 24.3 Å². The zero-order chi connectivity index (χ0) is 25.5. The summed E-state index contributed by atoms with van der Waals surface area (Å²) in [6.45, 7) is -0.432. The largest absolute Gasteiger partial charge is 0.395 e. The number of nitro benzene ring substituents is 2. The van der Waals surface area contributed by atoms with Crippen LogP contribution in [0.4, 0.5) is 50.3 Å². The van der Waals surface area contributed by atoms with Crippen molar-refractivity contribution >= 4 is 45.9 Å². The highest BCUT2D eigenvalue weighted by Crippen LogP contribution is 2.41. The number of hydrogen-bond acceptors (Lipinski definition) is 12. The summed E-state index contributed by atoms with van der Waals surface area (Å²) in [6.07, 6.45) is 0.807. The zero-order valence-corrected chi connectivity index (χ0v) is 18.1. The maximum atomic E-state index is 14.8. The Bertz CT molecular complexity index is 1170. The molecule has 0 atom stereocenters. The first-order chi connectivity index (χ1) is 16.8. The van der Waals surface area contributed by atoms with Crippen molar-refractivity contribution in [3.63, 3.8) is 0 Å². The van der Waals surface area contributed by atoms with Crippen molar-refractivity contribution in [2.45, 2.75) is 0 Å². The molecule has 6 N–H and O–H groups in total. The predicted molar refractivity (Wildman–Crippen MR) is 126 cm³/mol. The smallest absolute Gasteiger partial charge is 0.294 e. The number of nitrogens with two attached hydrogens (primary N) is 1. The first-order valence-electron chi connectivity index (χ1n) is 10.1. The van der Waals surface area contributed by atoms with E-state index in [0.717, 1.165) is 23.2 Å². The second-order valence-electron chi connectivity index (χ2n) is 6.95. The van der Waals surface area contributed by atoms with Gasteiger partial charge in [0.05, 0.1) is 40.6 Å². The van der Waals surface area contributed by atoms with Crippen LogP contribution < -0.4 is 21.3 Å². The summed E-state index contributed by atoms with van der Waals surface area (Å²) < 4.78 is 14.8. The van der Waals surface area contributed by atoms with Gasteiger partial charge in [0.1, 0.15) is 11.4 Å². The molecule has 1 heterocycles. The van der Waals surface area contributed by atoms with Gasteiger partial charge in [-0.25, -0.2) is 9.37 Å². The quantitative estimate of drug-likeness (QED) is 0.195. The lowest BCUT2D eigenvalue weighted by Crippen LogP contribution is -2.16. The maximum Gasteiger partial charge on any atom is 0.294 e. The van der Waals surface area contributed by atoms with E-state index in [2.05, 4.69) is 20.6 Å². The number of benzene rings is 2. The molecule has 0 unspecified atom stereocenters. The van der Waals surface area contributed by atoms with Gasteiger partial charge in [-0.15, -0.1) is 0 Å². The lowest BCUT2D eigenvalue weighted by atomic mass is 10.1. The number of hydrogen-bond donors (Lipinski definition) is 5. The molecular formula is C20H21FN8O6. The summed E-state index contributed by atoms with van der Waals surface area (Å²) in [5.41, 5.74) is 5.16. The van der Waals surface area contributed by atoms with E-state index in [9.17, 15) is 24.6 Å². The zero-order valence-electron chi connectivity index (χ0n) is 18.1. The van der Waals surface area contributed by atoms with Gasteiger partial charge >= 0.3 is 0 Å². The van der Waals surface area contributed by atoms with Crippen molar-refractivity contribution in [2.75, 3.05) is 47.6 Å². The number of aliphatic hydroxyl groups is 2. The third-order valence-corrected chi connectivity index (χ3v) is 4.68. The molecule has 14 nitrogen and oxygen atoms in total. The van der Waals surface area contributed by atoms with Crippen molar-refractivity contribution in [1.29, 1.82) is 0 Å². The Balaban J connectivity index is 2.23. The number of rotatable bonds is 11. The van der Waals surface area contributed by atoms with Gasteiger partial charge in [0.25, 0.3) is 11.4 Å². The van der Waals surface area contributed by atoms with Gasteiger partial charge in [-0.05, 0) is 24.3 Å². The van der Waals surface area contributed by atoms with Gasteiger partial charge in [-0.1, -0.05) is 0 Å². The Morgan fingerprint density at radius 3 is 1.86 bits per heavy atom. The second-order valence-corrected chi connectivity index (χ2v) is 6.95. The number of nitrogen functional groups attached to an aromatic ring is 1. The van der Waals surface area contributed by atoms with E-state index in [1.807, 2.05) is 0 Å². The number of aliphatic hydroxyl groups excluding tert-OH is 2. The fourth-order valence-electron chi connectivity index (χ4n) is 3.22. The monoisotopic (exact) mass is 488 g/mol. The highest BCUT2D eigenvalue weighted by molar-refractivity contribution is 5.82. The number of anilines is 6. The molecule has 0 aliphatic rings. The number of nitro groups is 2. The molecule has 0 aliphatic carbocycles. The summed E-state index contributed by atoms with van der Waals surface area (Å²) in [6, 6.07) is 7.78. The minimum atomic E-state index is -0.936. The molecule has 0 amide bonds. The molecule has 0 spiro atoms. The van der Waals surface area contributed by atoms with Gasteiger partial charge in [-0.2, -0.15) is 4.98 Å². The Kier molecular flexibility index (Phi) is 7.85. The second kappa shape index (κ2) is 11.0. The first kappa shape index (κ1) is 25.0. The average Bonchev–Trinajstić information content (AvgIpc) is 2.84. The van der Waals surface area contributed by atoms with Crippen LogP contribution in [0.3, 0.4) is 0 Å². The van der Waals surface area contributed by atoms with Crippen LogP contribution in [0.25, 0.3) is 0 Å². The van der Waals surface area contributed by atoms with Crippen LogP contribution in [0.1, 0.15) is 0 Å². The van der Waals surface area contributed by atoms with Crippen LogP contribution in [0, 0.1) is 26.0 Å². The Morgan fingerprint density at radius 1 is 0.943 bits per heavy atom. The first-order valence-corrected chi connectivity index (χ1v) is 10.1. The van der Waals surface area contributed by atoms with Gasteiger partial charge in [-0.3, -0.25) is 25.1 Å². The molecule has 184 valence electrons. The molecule has 2 aromatic carbocycles. The van der Waals surface area contributed by atoms with Crippen molar-refractivity contribution in [3.05, 3.63) is 68.6 Å². The molecule has 3 rings (SSSR count). The van der Waals surface area contributed by atoms with Crippen LogP contribution in [-0.2, 0) is 0 Å². The summed E-state index contributed by atoms with van der Waals surface area (Å²) >= 11 is 0. The molecule has 3 aromatic rings. The molecular weight excluding hydrogens is 467 g/mol. The average molecular weight is 488 g/mol. The summed E-state index contributed by atoms with van der Waals surface area (Å²) in [7, 11) is 0. The van der Waals surface area contributed by atoms with Crippen molar-refractivity contribution in [1.82, 2.24) is 9.97 Å². The van der Waals surface area contributed by atoms with Gasteiger partial charge in [0, 0.05) is 25.2 Å². The van der Waals surface area contributed by atoms with Gasteiger partial charge < -0.3 is 26.6 Å². The summed E-state index contributed by atoms with van der Waals surface area (Å²) in [5.74, 6) is -1.62. The van der Waals surface area contributed by atoms with E-state index < -0.39 is 21.5 Å². The normalized spacial score (nSPS) is 10.6. The highest BCUT2D eigenvalue weighted by Gasteiger charge is 2.25. The minimum absolute atomic E-state index is 0.0496. The van der Waals surface area contributed by atoms with Crippen LogP contribution in [0.15, 0.2) is 42.6 Å². The van der Waals surface area contributed by atoms with Crippen LogP contribution in [-0.4, -0.2) is 56.3 Å². The van der Waals surface area contributed by atoms with Crippen molar-refractivity contribution in [2.24, 2.45) is 0 Å². The number of nitrogens with zero attached hydrogens (tertiary/aromatic N) is 5. The lowest BCUT2D eigenvalue weighted by Gasteiger charge is -2.25. The predicted octanol–water partition coefficient (Wildman–Crippen LogP) is 2.29. The topological polar surface area (TPSA) is 206 Å². The Hall–Kier alpha value is -4.63. The van der Waals surface area contributed by atoms with Crippen LogP contribution >= 0.6 is 0 Å². The number of aromatic nitrogens is 2. The highest BCUT2D eigenvalue weighted by atomic mass is 19.1. The fourth-order valence-corrected chi connectivity index (χ4v) is 3.22. The van der Waals surface area contributed by atoms with Gasteiger partial charge in [0.2, 0.25) is 5.95 Å². The van der Waals surface area contributed by atoms with E-state index >= 15 is 0 Å². The van der Waals surface area contributed by atoms with Crippen molar-refractivity contribution in [3.8, 4) is 0 Å². The lowest BCUT2D eigenvalue weighted by molar-refractivity contribution is -0.384. The minimum Gasteiger partial charge on any atom is -0.395 e. The molecule has 35 heavy (non-hydrogen) atoms. The molecule has 15 heteroatoms. The van der Waals surface area contributed by atoms with Crippen LogP contribution in [0.5, 0.6) is 0 Å². The van der Waals surface area contributed by atoms with E-state index in [0.29, 0.717) is 0 Å². The Morgan fingerprint density at radius 2 is 1.43 bits per heavy atom. The molecule has 1 aromatic heterocycles. The number of nitrogens with one attached hydrogen (secondary N) is 2. The van der Waals surface area contributed by atoms with Crippen LogP contribution in [0.2, 0.25) is 0 Å². The molecule has 0 fully saturated rings. The van der Waals surface area contributed by atoms with E-state index in [1.54, 1.807) is 0 Å². The third kappa shape index (κ3) is 5.66. The molecule has 0 bridgehead atoms. The SMILES string of the molecule is Nc1ncc(F)c(N(c2ccc(NCCO)c([N+](=O)[O-])c2)c2ccc(NCCO)c([N+](=O)[O-])c2)n1. The summed E-state index contributed by atoms with van der Waals surface area (Å²) in [5, 5.41) is 46.8. The third-order valence-electron chi connectivity index (χ3n) is 4.68. The molecule has 0 radical (unpaired) electrons. The standard InChI is InChI=1S/C20H21FN8O6/c21-14-11-25-20(22)26-19(14)27(12-1-3-15(23-5-7-30)17(9-12)28(32)33)13-2-4-16(24-6-8-31)18(10-13)29(34)35/h1-4,9-11,23-24,30-31H,5-8H2,(H2,22,25,26). The molecule has 0 aliphatic heterocycles. The van der Waals surface area contributed by atoms with E-state index in [4.69, 9.17) is 15.9 Å². The molecule has 0 saturated heterocycles. The van der Waals surface area contributed by atoms with Gasteiger partial charge in [0.15, 0.2) is 11.6 Å². The molecule has 0 saturated carbocycles.